The molecule has 0 amide bonds. The largest absolute Gasteiger partial charge is 0.368 e. The van der Waals surface area contributed by atoms with Crippen molar-refractivity contribution in [3.05, 3.63) is 40.4 Å². The average Bonchev–Trinajstić information content (AvgIpc) is 2.96. The number of thiazole rings is 1. The van der Waals surface area contributed by atoms with Gasteiger partial charge in [0.1, 0.15) is 11.1 Å². The second-order valence-corrected chi connectivity index (χ2v) is 5.54. The molecule has 2 aromatic heterocycles. The van der Waals surface area contributed by atoms with E-state index in [2.05, 4.69) is 19.9 Å². The van der Waals surface area contributed by atoms with Gasteiger partial charge in [-0.3, -0.25) is 14.9 Å². The Hall–Kier alpha value is -1.37. The molecule has 1 saturated heterocycles. The lowest BCUT2D eigenvalue weighted by Gasteiger charge is -2.31. The predicted octanol–water partition coefficient (Wildman–Crippen LogP) is 1.82. The van der Waals surface area contributed by atoms with Gasteiger partial charge in [0.05, 0.1) is 18.0 Å². The minimum Gasteiger partial charge on any atom is -0.368 e. The van der Waals surface area contributed by atoms with Crippen LogP contribution >= 0.6 is 11.3 Å². The van der Waals surface area contributed by atoms with Gasteiger partial charge in [0.15, 0.2) is 0 Å². The molecule has 3 heterocycles. The second-order valence-electron chi connectivity index (χ2n) is 4.61. The molecule has 5 nitrogen and oxygen atoms in total. The second kappa shape index (κ2) is 5.73. The molecule has 0 aliphatic carbocycles. The van der Waals surface area contributed by atoms with Crippen molar-refractivity contribution in [1.29, 1.82) is 0 Å². The van der Waals surface area contributed by atoms with Gasteiger partial charge in [-0.25, -0.2) is 4.98 Å². The Morgan fingerprint density at radius 2 is 2.32 bits per heavy atom. The topological polar surface area (TPSA) is 51.1 Å². The van der Waals surface area contributed by atoms with Crippen LogP contribution in [0.4, 0.5) is 0 Å². The number of hydrogen-bond acceptors (Lipinski definition) is 6. The maximum absolute atomic E-state index is 5.78. The molecule has 2 aromatic rings. The van der Waals surface area contributed by atoms with Gasteiger partial charge in [-0.2, -0.15) is 0 Å². The molecule has 1 atom stereocenters. The number of ether oxygens (including phenoxy) is 1. The summed E-state index contributed by atoms with van der Waals surface area (Å²) in [6.07, 6.45) is 5.58. The molecule has 0 bridgehead atoms. The van der Waals surface area contributed by atoms with Crippen molar-refractivity contribution in [2.24, 2.45) is 0 Å². The molecule has 3 rings (SSSR count). The lowest BCUT2D eigenvalue weighted by Crippen LogP contribution is -2.38. The van der Waals surface area contributed by atoms with Crippen LogP contribution in [-0.4, -0.2) is 39.5 Å². The van der Waals surface area contributed by atoms with Gasteiger partial charge in [0.2, 0.25) is 0 Å². The summed E-state index contributed by atoms with van der Waals surface area (Å²) in [5.41, 5.74) is 1.96. The van der Waals surface area contributed by atoms with E-state index in [9.17, 15) is 0 Å². The summed E-state index contributed by atoms with van der Waals surface area (Å²) >= 11 is 1.65. The number of aryl methyl sites for hydroxylation is 1. The normalized spacial score (nSPS) is 20.6. The molecule has 0 radical (unpaired) electrons. The zero-order chi connectivity index (χ0) is 13.1. The van der Waals surface area contributed by atoms with Crippen molar-refractivity contribution in [2.45, 2.75) is 19.6 Å². The monoisotopic (exact) mass is 276 g/mol. The van der Waals surface area contributed by atoms with Crippen LogP contribution in [0.1, 0.15) is 22.5 Å². The maximum Gasteiger partial charge on any atom is 0.123 e. The Kier molecular flexibility index (Phi) is 3.82. The molecule has 0 aromatic carbocycles. The van der Waals surface area contributed by atoms with Crippen LogP contribution in [0, 0.1) is 6.92 Å². The van der Waals surface area contributed by atoms with Crippen LogP contribution in [0.3, 0.4) is 0 Å². The fourth-order valence-corrected chi connectivity index (χ4v) is 2.80. The Morgan fingerprint density at radius 3 is 3.05 bits per heavy atom. The number of rotatable bonds is 3. The maximum atomic E-state index is 5.78. The van der Waals surface area contributed by atoms with Gasteiger partial charge in [-0.1, -0.05) is 0 Å². The minimum absolute atomic E-state index is 0.0900. The SMILES string of the molecule is Cc1cnc(CN2CCO[C@@H](c3nccs3)C2)cn1. The van der Waals surface area contributed by atoms with Gasteiger partial charge in [0.25, 0.3) is 0 Å². The zero-order valence-corrected chi connectivity index (χ0v) is 11.6. The van der Waals surface area contributed by atoms with E-state index in [1.165, 1.54) is 0 Å². The molecule has 1 aliphatic heterocycles. The van der Waals surface area contributed by atoms with Crippen LogP contribution in [0.15, 0.2) is 24.0 Å². The summed E-state index contributed by atoms with van der Waals surface area (Å²) in [6.45, 7) is 5.30. The van der Waals surface area contributed by atoms with Crippen LogP contribution in [0.2, 0.25) is 0 Å². The highest BCUT2D eigenvalue weighted by atomic mass is 32.1. The highest BCUT2D eigenvalue weighted by Gasteiger charge is 2.23. The van der Waals surface area contributed by atoms with Crippen molar-refractivity contribution >= 4 is 11.3 Å². The summed E-state index contributed by atoms with van der Waals surface area (Å²) in [5.74, 6) is 0. The van der Waals surface area contributed by atoms with E-state index < -0.39 is 0 Å². The fourth-order valence-electron chi connectivity index (χ4n) is 2.12. The van der Waals surface area contributed by atoms with Crippen LogP contribution in [0.25, 0.3) is 0 Å². The van der Waals surface area contributed by atoms with E-state index in [4.69, 9.17) is 4.74 Å². The third kappa shape index (κ3) is 3.15. The van der Waals surface area contributed by atoms with Crippen molar-refractivity contribution in [1.82, 2.24) is 19.9 Å². The Balaban J connectivity index is 1.64. The molecule has 1 aliphatic rings. The third-order valence-corrected chi connectivity index (χ3v) is 3.97. The predicted molar refractivity (Wildman–Crippen MR) is 72.9 cm³/mol. The van der Waals surface area contributed by atoms with E-state index in [1.807, 2.05) is 30.9 Å². The van der Waals surface area contributed by atoms with E-state index in [1.54, 1.807) is 11.3 Å². The van der Waals surface area contributed by atoms with Gasteiger partial charge in [-0.15, -0.1) is 11.3 Å². The molecule has 19 heavy (non-hydrogen) atoms. The first kappa shape index (κ1) is 12.7. The molecule has 0 spiro atoms. The minimum atomic E-state index is 0.0900. The van der Waals surface area contributed by atoms with Gasteiger partial charge < -0.3 is 4.74 Å². The number of hydrogen-bond donors (Lipinski definition) is 0. The number of morpholine rings is 1. The zero-order valence-electron chi connectivity index (χ0n) is 10.8. The molecule has 100 valence electrons. The summed E-state index contributed by atoms with van der Waals surface area (Å²) in [5, 5.41) is 3.04. The highest BCUT2D eigenvalue weighted by Crippen LogP contribution is 2.24. The van der Waals surface area contributed by atoms with Gasteiger partial charge in [0, 0.05) is 43.6 Å². The molecule has 6 heteroatoms. The van der Waals surface area contributed by atoms with Crippen LogP contribution in [-0.2, 0) is 11.3 Å². The summed E-state index contributed by atoms with van der Waals surface area (Å²) in [7, 11) is 0. The summed E-state index contributed by atoms with van der Waals surface area (Å²) in [6, 6.07) is 0. The third-order valence-electron chi connectivity index (χ3n) is 3.10. The smallest absolute Gasteiger partial charge is 0.123 e. The molecular formula is C13H16N4OS. The van der Waals surface area contributed by atoms with E-state index >= 15 is 0 Å². The van der Waals surface area contributed by atoms with Crippen LogP contribution < -0.4 is 0 Å². The lowest BCUT2D eigenvalue weighted by molar-refractivity contribution is -0.0333. The van der Waals surface area contributed by atoms with Crippen molar-refractivity contribution in [3.63, 3.8) is 0 Å². The molecule has 0 N–H and O–H groups in total. The Morgan fingerprint density at radius 1 is 1.37 bits per heavy atom. The number of aromatic nitrogens is 3. The Labute approximate surface area is 116 Å². The van der Waals surface area contributed by atoms with Gasteiger partial charge in [-0.05, 0) is 6.92 Å². The first-order valence-electron chi connectivity index (χ1n) is 6.32. The molecule has 1 fully saturated rings. The Bertz CT molecular complexity index is 514. The van der Waals surface area contributed by atoms with Crippen molar-refractivity contribution < 1.29 is 4.74 Å². The van der Waals surface area contributed by atoms with E-state index in [-0.39, 0.29) is 6.10 Å². The quantitative estimate of drug-likeness (QED) is 0.856. The van der Waals surface area contributed by atoms with Crippen molar-refractivity contribution in [3.8, 4) is 0 Å². The highest BCUT2D eigenvalue weighted by molar-refractivity contribution is 7.09. The van der Waals surface area contributed by atoms with Crippen LogP contribution in [0.5, 0.6) is 0 Å². The molecular weight excluding hydrogens is 260 g/mol. The fraction of sp³-hybridized carbons (Fsp3) is 0.462. The standard InChI is InChI=1S/C13H16N4OS/c1-10-6-16-11(7-15-10)8-17-3-4-18-12(9-17)13-14-2-5-19-13/h2,5-7,12H,3-4,8-9H2,1H3/t12-/m1/s1. The van der Waals surface area contributed by atoms with Crippen molar-refractivity contribution in [2.75, 3.05) is 19.7 Å². The van der Waals surface area contributed by atoms with E-state index in [0.717, 1.165) is 42.6 Å². The summed E-state index contributed by atoms with van der Waals surface area (Å²) < 4.78 is 5.78. The van der Waals surface area contributed by atoms with E-state index in [0.29, 0.717) is 0 Å². The average molecular weight is 276 g/mol. The van der Waals surface area contributed by atoms with Gasteiger partial charge >= 0.3 is 0 Å². The molecule has 0 unspecified atom stereocenters. The first-order valence-corrected chi connectivity index (χ1v) is 7.20. The summed E-state index contributed by atoms with van der Waals surface area (Å²) in [4.78, 5) is 15.4. The first-order chi connectivity index (χ1) is 9.31. The number of nitrogens with zero attached hydrogens (tertiary/aromatic N) is 4. The molecule has 0 saturated carbocycles. The lowest BCUT2D eigenvalue weighted by atomic mass is 10.2.